The maximum atomic E-state index is 12.1. The Balaban J connectivity index is 2.05. The summed E-state index contributed by atoms with van der Waals surface area (Å²) in [6, 6.07) is 7.41. The molecule has 0 bridgehead atoms. The van der Waals surface area contributed by atoms with Crippen LogP contribution in [0.1, 0.15) is 0 Å². The molecule has 108 valence electrons. The zero-order valence-electron chi connectivity index (χ0n) is 11.8. The summed E-state index contributed by atoms with van der Waals surface area (Å²) < 4.78 is 0. The number of nitrogens with one attached hydrogen (secondary N) is 2. The minimum absolute atomic E-state index is 0.472. The van der Waals surface area contributed by atoms with E-state index in [9.17, 15) is 9.59 Å². The first-order valence-electron chi connectivity index (χ1n) is 6.67. The molecule has 1 fully saturated rings. The fourth-order valence-electron chi connectivity index (χ4n) is 2.16. The number of carbonyl (C=O) groups is 2. The number of carbonyl (C=O) groups excluding carboxylic acids is 2. The van der Waals surface area contributed by atoms with Gasteiger partial charge in [0.15, 0.2) is 0 Å². The number of hydrogen-bond acceptors (Lipinski definition) is 4. The molecule has 1 aliphatic rings. The summed E-state index contributed by atoms with van der Waals surface area (Å²) in [5.41, 5.74) is 1.51. The predicted molar refractivity (Wildman–Crippen MR) is 78.8 cm³/mol. The van der Waals surface area contributed by atoms with Crippen molar-refractivity contribution < 1.29 is 9.59 Å². The Labute approximate surface area is 118 Å². The fraction of sp³-hybridized carbons (Fsp3) is 0.429. The number of para-hydroxylation sites is 2. The van der Waals surface area contributed by atoms with Gasteiger partial charge in [-0.1, -0.05) is 12.1 Å². The van der Waals surface area contributed by atoms with E-state index in [4.69, 9.17) is 0 Å². The molecule has 2 N–H and O–H groups in total. The van der Waals surface area contributed by atoms with E-state index < -0.39 is 11.8 Å². The molecule has 2 rings (SSSR count). The molecule has 0 saturated carbocycles. The third-order valence-electron chi connectivity index (χ3n) is 3.23. The van der Waals surface area contributed by atoms with Crippen molar-refractivity contribution in [2.24, 2.45) is 0 Å². The molecule has 2 amide bonds. The minimum atomic E-state index is -0.582. The van der Waals surface area contributed by atoms with E-state index >= 15 is 0 Å². The van der Waals surface area contributed by atoms with Crippen LogP contribution in [0.4, 0.5) is 11.4 Å². The maximum Gasteiger partial charge on any atom is 0.313 e. The van der Waals surface area contributed by atoms with Crippen LogP contribution in [0.5, 0.6) is 0 Å². The van der Waals surface area contributed by atoms with Gasteiger partial charge in [-0.25, -0.2) is 0 Å². The Morgan fingerprint density at radius 1 is 1.20 bits per heavy atom. The number of piperazine rings is 1. The number of nitrogens with zero attached hydrogens (tertiary/aromatic N) is 2. The highest BCUT2D eigenvalue weighted by molar-refractivity contribution is 6.39. The first kappa shape index (κ1) is 14.3. The van der Waals surface area contributed by atoms with Gasteiger partial charge < -0.3 is 20.4 Å². The number of rotatable bonds is 2. The summed E-state index contributed by atoms with van der Waals surface area (Å²) >= 11 is 0. The highest BCUT2D eigenvalue weighted by Gasteiger charge is 2.23. The van der Waals surface area contributed by atoms with Gasteiger partial charge in [0, 0.05) is 40.3 Å². The minimum Gasteiger partial charge on any atom is -0.376 e. The normalized spacial score (nSPS) is 14.8. The number of amides is 2. The van der Waals surface area contributed by atoms with Crippen LogP contribution in [-0.2, 0) is 9.59 Å². The van der Waals surface area contributed by atoms with Gasteiger partial charge in [0.25, 0.3) is 0 Å². The standard InChI is InChI=1S/C14H20N4O2/c1-17(2)12-6-4-3-5-11(12)16-13(19)14(20)18-9-7-15-8-10-18/h3-6,15H,7-10H2,1-2H3,(H,16,19). The lowest BCUT2D eigenvalue weighted by Crippen LogP contribution is -2.49. The first-order chi connectivity index (χ1) is 9.59. The van der Waals surface area contributed by atoms with Crippen LogP contribution >= 0.6 is 0 Å². The average molecular weight is 276 g/mol. The Morgan fingerprint density at radius 3 is 2.50 bits per heavy atom. The summed E-state index contributed by atoms with van der Waals surface area (Å²) in [7, 11) is 3.78. The van der Waals surface area contributed by atoms with Crippen LogP contribution in [0.25, 0.3) is 0 Å². The van der Waals surface area contributed by atoms with E-state index in [0.717, 1.165) is 18.8 Å². The summed E-state index contributed by atoms with van der Waals surface area (Å²) in [6.45, 7) is 2.60. The number of benzene rings is 1. The molecule has 0 unspecified atom stereocenters. The molecule has 1 heterocycles. The summed E-state index contributed by atoms with van der Waals surface area (Å²) in [5.74, 6) is -1.05. The molecule has 6 heteroatoms. The van der Waals surface area contributed by atoms with Crippen molar-refractivity contribution in [3.05, 3.63) is 24.3 Å². The molecule has 6 nitrogen and oxygen atoms in total. The van der Waals surface area contributed by atoms with E-state index in [0.29, 0.717) is 18.8 Å². The van der Waals surface area contributed by atoms with Gasteiger partial charge in [-0.2, -0.15) is 0 Å². The van der Waals surface area contributed by atoms with Gasteiger partial charge in [0.1, 0.15) is 0 Å². The van der Waals surface area contributed by atoms with Crippen molar-refractivity contribution in [1.82, 2.24) is 10.2 Å². The third-order valence-corrected chi connectivity index (χ3v) is 3.23. The highest BCUT2D eigenvalue weighted by Crippen LogP contribution is 2.23. The van der Waals surface area contributed by atoms with Gasteiger partial charge >= 0.3 is 11.8 Å². The summed E-state index contributed by atoms with van der Waals surface area (Å²) in [4.78, 5) is 27.6. The molecule has 1 aliphatic heterocycles. The SMILES string of the molecule is CN(C)c1ccccc1NC(=O)C(=O)N1CCNCC1. The molecule has 1 aromatic carbocycles. The molecule has 20 heavy (non-hydrogen) atoms. The van der Waals surface area contributed by atoms with E-state index in [1.165, 1.54) is 0 Å². The van der Waals surface area contributed by atoms with Crippen molar-refractivity contribution in [3.8, 4) is 0 Å². The Bertz CT molecular complexity index is 496. The smallest absolute Gasteiger partial charge is 0.313 e. The van der Waals surface area contributed by atoms with Crippen LogP contribution in [-0.4, -0.2) is 57.0 Å². The van der Waals surface area contributed by atoms with Gasteiger partial charge in [0.05, 0.1) is 11.4 Å². The molecule has 1 saturated heterocycles. The lowest BCUT2D eigenvalue weighted by molar-refractivity contribution is -0.143. The van der Waals surface area contributed by atoms with Crippen LogP contribution < -0.4 is 15.5 Å². The highest BCUT2D eigenvalue weighted by atomic mass is 16.2. The van der Waals surface area contributed by atoms with Crippen LogP contribution in [0.2, 0.25) is 0 Å². The average Bonchev–Trinajstić information content (AvgIpc) is 2.47. The van der Waals surface area contributed by atoms with E-state index in [2.05, 4.69) is 10.6 Å². The van der Waals surface area contributed by atoms with Gasteiger partial charge in [0.2, 0.25) is 0 Å². The zero-order chi connectivity index (χ0) is 14.5. The molecule has 0 spiro atoms. The van der Waals surface area contributed by atoms with Crippen molar-refractivity contribution >= 4 is 23.2 Å². The van der Waals surface area contributed by atoms with Gasteiger partial charge in [-0.15, -0.1) is 0 Å². The second-order valence-electron chi connectivity index (χ2n) is 4.91. The fourth-order valence-corrected chi connectivity index (χ4v) is 2.16. The third kappa shape index (κ3) is 3.27. The number of anilines is 2. The largest absolute Gasteiger partial charge is 0.376 e. The second kappa shape index (κ2) is 6.38. The van der Waals surface area contributed by atoms with Crippen molar-refractivity contribution in [2.75, 3.05) is 50.5 Å². The molecular weight excluding hydrogens is 256 g/mol. The van der Waals surface area contributed by atoms with Crippen molar-refractivity contribution in [1.29, 1.82) is 0 Å². The zero-order valence-corrected chi connectivity index (χ0v) is 11.8. The number of hydrogen-bond donors (Lipinski definition) is 2. The Morgan fingerprint density at radius 2 is 1.85 bits per heavy atom. The molecule has 0 atom stereocenters. The van der Waals surface area contributed by atoms with Gasteiger partial charge in [-0.05, 0) is 12.1 Å². The topological polar surface area (TPSA) is 64.7 Å². The van der Waals surface area contributed by atoms with Crippen molar-refractivity contribution in [3.63, 3.8) is 0 Å². The second-order valence-corrected chi connectivity index (χ2v) is 4.91. The van der Waals surface area contributed by atoms with E-state index in [1.54, 1.807) is 11.0 Å². The Kier molecular flexibility index (Phi) is 4.57. The van der Waals surface area contributed by atoms with Crippen molar-refractivity contribution in [2.45, 2.75) is 0 Å². The van der Waals surface area contributed by atoms with Crippen LogP contribution in [0.3, 0.4) is 0 Å². The Hall–Kier alpha value is -2.08. The van der Waals surface area contributed by atoms with Gasteiger partial charge in [-0.3, -0.25) is 9.59 Å². The monoisotopic (exact) mass is 276 g/mol. The molecule has 0 aromatic heterocycles. The molecule has 0 aliphatic carbocycles. The lowest BCUT2D eigenvalue weighted by Gasteiger charge is -2.27. The molecule has 1 aromatic rings. The predicted octanol–water partition coefficient (Wildman–Crippen LogP) is 0.123. The lowest BCUT2D eigenvalue weighted by atomic mass is 10.2. The van der Waals surface area contributed by atoms with Crippen LogP contribution in [0, 0.1) is 0 Å². The molecule has 0 radical (unpaired) electrons. The summed E-state index contributed by atoms with van der Waals surface area (Å²) in [5, 5.41) is 5.85. The van der Waals surface area contributed by atoms with E-state index in [-0.39, 0.29) is 0 Å². The first-order valence-corrected chi connectivity index (χ1v) is 6.67. The van der Waals surface area contributed by atoms with E-state index in [1.807, 2.05) is 37.2 Å². The maximum absolute atomic E-state index is 12.1. The van der Waals surface area contributed by atoms with Crippen LogP contribution in [0.15, 0.2) is 24.3 Å². The summed E-state index contributed by atoms with van der Waals surface area (Å²) in [6.07, 6.45) is 0. The quantitative estimate of drug-likeness (QED) is 0.753. The molecular formula is C14H20N4O2.